The van der Waals surface area contributed by atoms with E-state index in [9.17, 15) is 9.90 Å². The quantitative estimate of drug-likeness (QED) is 0.715. The van der Waals surface area contributed by atoms with Gasteiger partial charge in [-0.1, -0.05) is 23.7 Å². The lowest BCUT2D eigenvalue weighted by Crippen LogP contribution is -2.34. The van der Waals surface area contributed by atoms with Gasteiger partial charge in [-0.25, -0.2) is 4.79 Å². The molecule has 0 aromatic heterocycles. The molecule has 6 nitrogen and oxygen atoms in total. The molecule has 0 spiro atoms. The summed E-state index contributed by atoms with van der Waals surface area (Å²) in [6, 6.07) is 14.5. The topological polar surface area (TPSA) is 88.4 Å². The van der Waals surface area contributed by atoms with Crippen LogP contribution in [-0.4, -0.2) is 30.8 Å². The van der Waals surface area contributed by atoms with Gasteiger partial charge in [0, 0.05) is 37.6 Å². The number of benzene rings is 2. The first-order chi connectivity index (χ1) is 13.6. The molecular weight excluding hydrogens is 376 g/mol. The molecule has 2 aromatic carbocycles. The molecule has 0 atom stereocenters. The van der Waals surface area contributed by atoms with Crippen LogP contribution in [0.3, 0.4) is 0 Å². The van der Waals surface area contributed by atoms with Gasteiger partial charge in [-0.3, -0.25) is 0 Å². The number of piperidine rings is 1. The summed E-state index contributed by atoms with van der Waals surface area (Å²) >= 11 is 5.97. The van der Waals surface area contributed by atoms with Gasteiger partial charge < -0.3 is 20.6 Å². The maximum absolute atomic E-state index is 12.1. The van der Waals surface area contributed by atoms with E-state index < -0.39 is 0 Å². The van der Waals surface area contributed by atoms with E-state index in [-0.39, 0.29) is 12.6 Å². The van der Waals surface area contributed by atoms with Crippen LogP contribution >= 0.6 is 11.6 Å². The van der Waals surface area contributed by atoms with Crippen molar-refractivity contribution >= 4 is 29.0 Å². The number of nitriles is 1. The Morgan fingerprint density at radius 3 is 2.54 bits per heavy atom. The molecule has 3 rings (SSSR count). The Kier molecular flexibility index (Phi) is 6.75. The Balaban J connectivity index is 1.49. The van der Waals surface area contributed by atoms with Gasteiger partial charge in [-0.2, -0.15) is 5.26 Å². The lowest BCUT2D eigenvalue weighted by atomic mass is 9.97. The highest BCUT2D eigenvalue weighted by Gasteiger charge is 2.18. The summed E-state index contributed by atoms with van der Waals surface area (Å²) in [7, 11) is 0. The molecule has 0 radical (unpaired) electrons. The van der Waals surface area contributed by atoms with Gasteiger partial charge in [0.05, 0.1) is 10.6 Å². The second-order valence-electron chi connectivity index (χ2n) is 6.89. The van der Waals surface area contributed by atoms with Crippen LogP contribution < -0.4 is 15.5 Å². The van der Waals surface area contributed by atoms with E-state index in [1.165, 1.54) is 0 Å². The van der Waals surface area contributed by atoms with Crippen LogP contribution in [0.2, 0.25) is 5.02 Å². The predicted molar refractivity (Wildman–Crippen MR) is 110 cm³/mol. The minimum absolute atomic E-state index is 0.273. The van der Waals surface area contributed by atoms with E-state index in [0.29, 0.717) is 28.7 Å². The van der Waals surface area contributed by atoms with Crippen molar-refractivity contribution in [1.82, 2.24) is 5.32 Å². The predicted octanol–water partition coefficient (Wildman–Crippen LogP) is 3.74. The van der Waals surface area contributed by atoms with Gasteiger partial charge >= 0.3 is 6.03 Å². The van der Waals surface area contributed by atoms with E-state index in [1.54, 1.807) is 18.2 Å². The number of carbonyl (C=O) groups is 1. The third-order valence-corrected chi connectivity index (χ3v) is 5.29. The fraction of sp³-hybridized carbons (Fsp3) is 0.333. The molecule has 1 fully saturated rings. The average Bonchev–Trinajstić information content (AvgIpc) is 2.73. The molecule has 1 saturated heterocycles. The molecule has 0 aliphatic carbocycles. The van der Waals surface area contributed by atoms with Crippen molar-refractivity contribution in [2.45, 2.75) is 19.4 Å². The van der Waals surface area contributed by atoms with Crippen LogP contribution in [0.25, 0.3) is 0 Å². The Morgan fingerprint density at radius 2 is 1.93 bits per heavy atom. The molecule has 1 aliphatic heterocycles. The number of halogens is 1. The molecule has 146 valence electrons. The standard InChI is InChI=1S/C21H23ClN4O2/c22-20-11-18(4-3-17(20)12-23)25-21(28)24-13-15-1-5-19(6-2-15)26-9-7-16(14-27)8-10-26/h1-6,11,16,27H,7-10,13-14H2,(H2,24,25,28). The molecule has 0 unspecified atom stereocenters. The number of hydrogen-bond donors (Lipinski definition) is 3. The number of rotatable bonds is 5. The Morgan fingerprint density at radius 1 is 1.21 bits per heavy atom. The van der Waals surface area contributed by atoms with Gasteiger partial charge in [-0.05, 0) is 54.7 Å². The lowest BCUT2D eigenvalue weighted by molar-refractivity contribution is 0.203. The van der Waals surface area contributed by atoms with Crippen molar-refractivity contribution in [1.29, 1.82) is 5.26 Å². The van der Waals surface area contributed by atoms with Crippen molar-refractivity contribution in [3.8, 4) is 6.07 Å². The Hall–Kier alpha value is -2.75. The molecule has 3 N–H and O–H groups in total. The molecule has 1 heterocycles. The molecule has 28 heavy (non-hydrogen) atoms. The van der Waals surface area contributed by atoms with Gasteiger partial charge in [0.2, 0.25) is 0 Å². The summed E-state index contributed by atoms with van der Waals surface area (Å²) in [4.78, 5) is 14.4. The Bertz CT molecular complexity index is 856. The second kappa shape index (κ2) is 9.45. The lowest BCUT2D eigenvalue weighted by Gasteiger charge is -2.33. The van der Waals surface area contributed by atoms with Crippen LogP contribution in [0.4, 0.5) is 16.2 Å². The zero-order valence-corrected chi connectivity index (χ0v) is 16.2. The van der Waals surface area contributed by atoms with Crippen LogP contribution in [0.1, 0.15) is 24.0 Å². The largest absolute Gasteiger partial charge is 0.396 e. The molecular formula is C21H23ClN4O2. The second-order valence-corrected chi connectivity index (χ2v) is 7.30. The van der Waals surface area contributed by atoms with Crippen molar-refractivity contribution in [3.05, 3.63) is 58.6 Å². The first-order valence-electron chi connectivity index (χ1n) is 9.28. The van der Waals surface area contributed by atoms with Gasteiger partial charge in [0.25, 0.3) is 0 Å². The molecule has 7 heteroatoms. The van der Waals surface area contributed by atoms with E-state index >= 15 is 0 Å². The normalized spacial score (nSPS) is 14.4. The van der Waals surface area contributed by atoms with Gasteiger partial charge in [-0.15, -0.1) is 0 Å². The third-order valence-electron chi connectivity index (χ3n) is 4.97. The van der Waals surface area contributed by atoms with Gasteiger partial charge in [0.1, 0.15) is 6.07 Å². The fourth-order valence-corrected chi connectivity index (χ4v) is 3.46. The summed E-state index contributed by atoms with van der Waals surface area (Å²) < 4.78 is 0. The molecule has 1 aliphatic rings. The zero-order chi connectivity index (χ0) is 19.9. The minimum atomic E-state index is -0.337. The maximum atomic E-state index is 12.1. The number of nitrogens with zero attached hydrogens (tertiary/aromatic N) is 2. The monoisotopic (exact) mass is 398 g/mol. The molecule has 0 bridgehead atoms. The average molecular weight is 399 g/mol. The summed E-state index contributed by atoms with van der Waals surface area (Å²) in [5, 5.41) is 23.9. The molecule has 2 amide bonds. The number of amides is 2. The molecule has 0 saturated carbocycles. The van der Waals surface area contributed by atoms with E-state index in [1.807, 2.05) is 18.2 Å². The van der Waals surface area contributed by atoms with Crippen molar-refractivity contribution in [3.63, 3.8) is 0 Å². The number of carbonyl (C=O) groups excluding carboxylic acids is 1. The highest BCUT2D eigenvalue weighted by atomic mass is 35.5. The number of urea groups is 1. The van der Waals surface area contributed by atoms with Crippen molar-refractivity contribution in [2.75, 3.05) is 29.9 Å². The molecule has 2 aromatic rings. The van der Waals surface area contributed by atoms with E-state index in [4.69, 9.17) is 16.9 Å². The van der Waals surface area contributed by atoms with E-state index in [2.05, 4.69) is 27.7 Å². The van der Waals surface area contributed by atoms with Crippen molar-refractivity contribution in [2.24, 2.45) is 5.92 Å². The number of nitrogens with one attached hydrogen (secondary N) is 2. The van der Waals surface area contributed by atoms with Crippen LogP contribution in [0.15, 0.2) is 42.5 Å². The third kappa shape index (κ3) is 5.16. The number of hydrogen-bond acceptors (Lipinski definition) is 4. The first kappa shape index (κ1) is 20.0. The smallest absolute Gasteiger partial charge is 0.319 e. The van der Waals surface area contributed by atoms with Crippen LogP contribution in [0.5, 0.6) is 0 Å². The maximum Gasteiger partial charge on any atom is 0.319 e. The Labute approximate surface area is 169 Å². The summed E-state index contributed by atoms with van der Waals surface area (Å²) in [5.41, 5.74) is 3.07. The highest BCUT2D eigenvalue weighted by Crippen LogP contribution is 2.23. The SMILES string of the molecule is N#Cc1ccc(NC(=O)NCc2ccc(N3CCC(CO)CC3)cc2)cc1Cl. The summed E-state index contributed by atoms with van der Waals surface area (Å²) in [6.45, 7) is 2.59. The summed E-state index contributed by atoms with van der Waals surface area (Å²) in [6.07, 6.45) is 2.03. The van der Waals surface area contributed by atoms with E-state index in [0.717, 1.165) is 37.2 Å². The number of aliphatic hydroxyl groups excluding tert-OH is 1. The zero-order valence-electron chi connectivity index (χ0n) is 15.5. The minimum Gasteiger partial charge on any atom is -0.396 e. The highest BCUT2D eigenvalue weighted by molar-refractivity contribution is 6.32. The fourth-order valence-electron chi connectivity index (χ4n) is 3.24. The van der Waals surface area contributed by atoms with Crippen molar-refractivity contribution < 1.29 is 9.90 Å². The summed E-state index contributed by atoms with van der Waals surface area (Å²) in [5.74, 6) is 0.421. The first-order valence-corrected chi connectivity index (χ1v) is 9.66. The van der Waals surface area contributed by atoms with Crippen LogP contribution in [-0.2, 0) is 6.54 Å². The number of aliphatic hydroxyl groups is 1. The number of anilines is 2. The van der Waals surface area contributed by atoms with Gasteiger partial charge in [0.15, 0.2) is 0 Å². The van der Waals surface area contributed by atoms with Crippen LogP contribution in [0, 0.1) is 17.2 Å².